The van der Waals surface area contributed by atoms with Crippen LogP contribution in [0.1, 0.15) is 284 Å². The van der Waals surface area contributed by atoms with Crippen molar-refractivity contribution in [3.8, 4) is 0 Å². The normalized spacial score (nSPS) is 13.2. The minimum absolute atomic E-state index is 0.0763. The predicted molar refractivity (Wildman–Crippen MR) is 343 cm³/mol. The summed E-state index contributed by atoms with van der Waals surface area (Å²) in [5, 5.41) is 9.69. The zero-order valence-corrected chi connectivity index (χ0v) is 50.6. The average Bonchev–Trinajstić information content (AvgIpc) is 3.44. The first-order chi connectivity index (χ1) is 38.6. The average molecular weight is 1080 g/mol. The Morgan fingerprint density at radius 2 is 0.513 bits per heavy atom. The fraction of sp³-hybridized carbons (Fsp3) is 0.644. The quantitative estimate of drug-likeness (QED) is 0.0373. The zero-order valence-electron chi connectivity index (χ0n) is 50.6. The number of aliphatic hydroxyl groups excluding tert-OH is 1. The van der Waals surface area contributed by atoms with E-state index < -0.39 is 6.10 Å². The van der Waals surface area contributed by atoms with E-state index >= 15 is 0 Å². The van der Waals surface area contributed by atoms with Crippen LogP contribution in [0.5, 0.6) is 0 Å². The van der Waals surface area contributed by atoms with E-state index in [1.165, 1.54) is 135 Å². The molecule has 442 valence electrons. The van der Waals surface area contributed by atoms with E-state index in [2.05, 4.69) is 160 Å². The maximum absolute atomic E-state index is 12.3. The smallest absolute Gasteiger partial charge is 0.306 e. The Balaban J connectivity index is 3.52. The molecule has 5 heteroatoms. The molecule has 1 unspecified atom stereocenters. The van der Waals surface area contributed by atoms with Crippen LogP contribution in [-0.4, -0.2) is 36.4 Å². The van der Waals surface area contributed by atoms with Crippen LogP contribution in [-0.2, 0) is 19.1 Å². The SMILES string of the molecule is CC/C=C\C/C=C\C/C=C\C/C=C\C/C=C\C/C=C\C/C=C\CCCCCCCCCC(=O)OC(CO)COC(=O)CCCCCCCCCCCCCCCCCCCCC/C=C\C/C=C\C/C=C\C/C=C\C/C=C\CC. The van der Waals surface area contributed by atoms with Crippen LogP contribution in [0.25, 0.3) is 0 Å². The zero-order chi connectivity index (χ0) is 56.2. The molecule has 0 aromatic rings. The summed E-state index contributed by atoms with van der Waals surface area (Å²) >= 11 is 0. The Kier molecular flexibility index (Phi) is 63.4. The van der Waals surface area contributed by atoms with Gasteiger partial charge in [-0.3, -0.25) is 9.59 Å². The van der Waals surface area contributed by atoms with Crippen molar-refractivity contribution >= 4 is 11.9 Å². The van der Waals surface area contributed by atoms with Crippen molar-refractivity contribution in [1.29, 1.82) is 0 Å². The van der Waals surface area contributed by atoms with Crippen LogP contribution in [0.4, 0.5) is 0 Å². The van der Waals surface area contributed by atoms with Gasteiger partial charge in [-0.2, -0.15) is 0 Å². The second kappa shape index (κ2) is 67.1. The van der Waals surface area contributed by atoms with Gasteiger partial charge in [-0.25, -0.2) is 0 Å². The lowest BCUT2D eigenvalue weighted by Gasteiger charge is -2.15. The van der Waals surface area contributed by atoms with Gasteiger partial charge < -0.3 is 14.6 Å². The van der Waals surface area contributed by atoms with Gasteiger partial charge in [-0.1, -0.05) is 301 Å². The molecule has 1 atom stereocenters. The molecule has 78 heavy (non-hydrogen) atoms. The van der Waals surface area contributed by atoms with Crippen LogP contribution >= 0.6 is 0 Å². The number of carbonyl (C=O) groups is 2. The van der Waals surface area contributed by atoms with Crippen molar-refractivity contribution in [3.05, 3.63) is 146 Å². The number of allylic oxidation sites excluding steroid dienone is 24. The second-order valence-corrected chi connectivity index (χ2v) is 21.1. The highest BCUT2D eigenvalue weighted by molar-refractivity contribution is 5.70. The van der Waals surface area contributed by atoms with Crippen molar-refractivity contribution in [1.82, 2.24) is 0 Å². The van der Waals surface area contributed by atoms with Gasteiger partial charge in [0, 0.05) is 12.8 Å². The molecule has 0 spiro atoms. The molecule has 0 saturated carbocycles. The van der Waals surface area contributed by atoms with Crippen molar-refractivity contribution < 1.29 is 24.2 Å². The molecule has 0 amide bonds. The number of rotatable bonds is 58. The summed E-state index contributed by atoms with van der Waals surface area (Å²) in [6.07, 6.45) is 101. The van der Waals surface area contributed by atoms with E-state index in [9.17, 15) is 14.7 Å². The first-order valence-electron chi connectivity index (χ1n) is 32.4. The molecule has 0 heterocycles. The fourth-order valence-corrected chi connectivity index (χ4v) is 8.86. The molecular weight excluding hydrogens is 957 g/mol. The van der Waals surface area contributed by atoms with Gasteiger partial charge in [-0.15, -0.1) is 0 Å². The van der Waals surface area contributed by atoms with E-state index in [1.807, 2.05) is 0 Å². The molecule has 0 rings (SSSR count). The molecule has 0 aliphatic heterocycles. The molecule has 0 aliphatic rings. The van der Waals surface area contributed by atoms with E-state index in [1.54, 1.807) is 0 Å². The van der Waals surface area contributed by atoms with E-state index in [-0.39, 0.29) is 25.2 Å². The molecule has 0 radical (unpaired) electrons. The predicted octanol–water partition coefficient (Wildman–Crippen LogP) is 22.5. The number of hydrogen-bond donors (Lipinski definition) is 1. The van der Waals surface area contributed by atoms with Crippen LogP contribution in [0, 0.1) is 0 Å². The van der Waals surface area contributed by atoms with Crippen LogP contribution in [0.15, 0.2) is 146 Å². The maximum Gasteiger partial charge on any atom is 0.306 e. The van der Waals surface area contributed by atoms with Gasteiger partial charge in [0.15, 0.2) is 6.10 Å². The van der Waals surface area contributed by atoms with Gasteiger partial charge in [0.2, 0.25) is 0 Å². The van der Waals surface area contributed by atoms with Gasteiger partial charge >= 0.3 is 11.9 Å². The van der Waals surface area contributed by atoms with Gasteiger partial charge in [0.05, 0.1) is 6.61 Å². The van der Waals surface area contributed by atoms with Gasteiger partial charge in [0.1, 0.15) is 6.61 Å². The minimum atomic E-state index is -0.788. The largest absolute Gasteiger partial charge is 0.462 e. The molecular formula is C73H120O5. The lowest BCUT2D eigenvalue weighted by atomic mass is 10.0. The van der Waals surface area contributed by atoms with Gasteiger partial charge in [-0.05, 0) is 116 Å². The lowest BCUT2D eigenvalue weighted by Crippen LogP contribution is -2.28. The third-order valence-corrected chi connectivity index (χ3v) is 13.6. The third kappa shape index (κ3) is 64.3. The number of carbonyl (C=O) groups excluding carboxylic acids is 2. The number of esters is 2. The molecule has 0 saturated heterocycles. The topological polar surface area (TPSA) is 72.8 Å². The molecule has 0 fully saturated rings. The molecule has 5 nitrogen and oxygen atoms in total. The monoisotopic (exact) mass is 1080 g/mol. The number of unbranched alkanes of at least 4 members (excludes halogenated alkanes) is 26. The van der Waals surface area contributed by atoms with Crippen molar-refractivity contribution in [2.24, 2.45) is 0 Å². The molecule has 1 N–H and O–H groups in total. The highest BCUT2D eigenvalue weighted by Crippen LogP contribution is 2.16. The Morgan fingerprint density at radius 3 is 0.769 bits per heavy atom. The third-order valence-electron chi connectivity index (χ3n) is 13.6. The summed E-state index contributed by atoms with van der Waals surface area (Å²) < 4.78 is 10.7. The molecule has 0 aromatic carbocycles. The molecule has 0 aromatic heterocycles. The summed E-state index contributed by atoms with van der Waals surface area (Å²) in [6, 6.07) is 0. The lowest BCUT2D eigenvalue weighted by molar-refractivity contribution is -0.161. The fourth-order valence-electron chi connectivity index (χ4n) is 8.86. The van der Waals surface area contributed by atoms with Gasteiger partial charge in [0.25, 0.3) is 0 Å². The van der Waals surface area contributed by atoms with Crippen LogP contribution in [0.2, 0.25) is 0 Å². The Labute approximate surface area is 482 Å². The Morgan fingerprint density at radius 1 is 0.295 bits per heavy atom. The second-order valence-electron chi connectivity index (χ2n) is 21.1. The summed E-state index contributed by atoms with van der Waals surface area (Å²) in [4.78, 5) is 24.6. The van der Waals surface area contributed by atoms with E-state index in [0.29, 0.717) is 12.8 Å². The van der Waals surface area contributed by atoms with Crippen molar-refractivity contribution in [2.75, 3.05) is 13.2 Å². The van der Waals surface area contributed by atoms with Crippen molar-refractivity contribution in [2.45, 2.75) is 290 Å². The minimum Gasteiger partial charge on any atom is -0.462 e. The summed E-state index contributed by atoms with van der Waals surface area (Å²) in [5.74, 6) is -0.603. The summed E-state index contributed by atoms with van der Waals surface area (Å²) in [5.41, 5.74) is 0. The first-order valence-corrected chi connectivity index (χ1v) is 32.4. The summed E-state index contributed by atoms with van der Waals surface area (Å²) in [7, 11) is 0. The molecule has 0 bridgehead atoms. The first kappa shape index (κ1) is 73.8. The van der Waals surface area contributed by atoms with Crippen LogP contribution < -0.4 is 0 Å². The Bertz CT molecular complexity index is 1650. The standard InChI is InChI=1S/C73H120O5/c1-3-5-7-9-11-13-15-17-19-21-23-25-27-29-31-33-34-35-36-37-38-40-41-43-45-47-49-51-53-55-57-59-61-63-65-67-72(75)77-70-71(69-74)78-73(76)68-66-64-62-60-58-56-54-52-50-48-46-44-42-39-32-30-28-26-24-22-20-18-16-14-12-10-8-6-4-2/h5-8,11-14,17-20,23-26,29-32,42,44,48,50,71,74H,3-4,9-10,15-16,21-22,27-28,33-41,43,45-47,49,51-70H2,1-2H3/b7-5-,8-6-,13-11-,14-12-,19-17-,20-18-,25-23-,26-24-,31-29-,32-30-,44-42-,50-48-. The number of aliphatic hydroxyl groups is 1. The number of ether oxygens (including phenoxy) is 2. The Hall–Kier alpha value is -4.22. The summed E-state index contributed by atoms with van der Waals surface area (Å²) in [6.45, 7) is 3.92. The molecule has 0 aliphatic carbocycles. The maximum atomic E-state index is 12.3. The van der Waals surface area contributed by atoms with E-state index in [4.69, 9.17) is 9.47 Å². The highest BCUT2D eigenvalue weighted by Gasteiger charge is 2.16. The van der Waals surface area contributed by atoms with Crippen LogP contribution in [0.3, 0.4) is 0 Å². The highest BCUT2D eigenvalue weighted by atomic mass is 16.6. The van der Waals surface area contributed by atoms with E-state index in [0.717, 1.165) is 122 Å². The van der Waals surface area contributed by atoms with Crippen molar-refractivity contribution in [3.63, 3.8) is 0 Å². The number of hydrogen-bond acceptors (Lipinski definition) is 5.